The Kier molecular flexibility index (Phi) is 3.16. The van der Waals surface area contributed by atoms with Gasteiger partial charge in [-0.15, -0.1) is 5.10 Å². The van der Waals surface area contributed by atoms with Crippen LogP contribution in [0, 0.1) is 5.82 Å². The van der Waals surface area contributed by atoms with Crippen LogP contribution in [0.1, 0.15) is 0 Å². The summed E-state index contributed by atoms with van der Waals surface area (Å²) in [5, 5.41) is 7.26. The van der Waals surface area contributed by atoms with Crippen LogP contribution in [0.15, 0.2) is 47.7 Å². The second kappa shape index (κ2) is 5.12. The zero-order chi connectivity index (χ0) is 13.9. The normalized spacial score (nSPS) is 10.8. The minimum Gasteiger partial charge on any atom is -0.383 e. The van der Waals surface area contributed by atoms with Crippen LogP contribution in [0.3, 0.4) is 0 Å². The zero-order valence-electron chi connectivity index (χ0n) is 10.5. The first kappa shape index (κ1) is 12.3. The number of rotatable bonds is 4. The van der Waals surface area contributed by atoms with E-state index in [0.29, 0.717) is 18.7 Å². The van der Waals surface area contributed by atoms with E-state index >= 15 is 0 Å². The lowest BCUT2D eigenvalue weighted by molar-refractivity contribution is 0.613. The monoisotopic (exact) mass is 273 g/mol. The minimum atomic E-state index is -0.278. The van der Waals surface area contributed by atoms with Crippen molar-refractivity contribution in [1.82, 2.24) is 19.2 Å². The highest BCUT2D eigenvalue weighted by atomic mass is 19.1. The van der Waals surface area contributed by atoms with Crippen molar-refractivity contribution in [3.05, 3.63) is 59.2 Å². The number of benzene rings is 1. The van der Waals surface area contributed by atoms with Gasteiger partial charge in [0.1, 0.15) is 5.82 Å². The number of nitrogens with zero attached hydrogens (tertiary/aromatic N) is 4. The number of anilines is 1. The highest BCUT2D eigenvalue weighted by Crippen LogP contribution is 2.07. The Morgan fingerprint density at radius 3 is 2.80 bits per heavy atom. The van der Waals surface area contributed by atoms with E-state index in [2.05, 4.69) is 15.4 Å². The van der Waals surface area contributed by atoms with E-state index in [-0.39, 0.29) is 11.5 Å². The third-order valence-electron chi connectivity index (χ3n) is 2.89. The molecule has 3 aromatic rings. The topological polar surface area (TPSA) is 64.2 Å². The van der Waals surface area contributed by atoms with Gasteiger partial charge in [0.15, 0.2) is 5.65 Å². The van der Waals surface area contributed by atoms with Crippen LogP contribution in [-0.2, 0) is 6.54 Å². The molecule has 0 spiro atoms. The number of hydrogen-bond donors (Lipinski definition) is 1. The maximum absolute atomic E-state index is 12.8. The summed E-state index contributed by atoms with van der Waals surface area (Å²) in [6, 6.07) is 6.05. The van der Waals surface area contributed by atoms with E-state index < -0.39 is 0 Å². The molecule has 2 aromatic heterocycles. The van der Waals surface area contributed by atoms with Crippen molar-refractivity contribution in [3.8, 4) is 0 Å². The van der Waals surface area contributed by atoms with Gasteiger partial charge < -0.3 is 5.32 Å². The van der Waals surface area contributed by atoms with Gasteiger partial charge >= 0.3 is 5.69 Å². The quantitative estimate of drug-likeness (QED) is 0.774. The smallest absolute Gasteiger partial charge is 0.350 e. The summed E-state index contributed by atoms with van der Waals surface area (Å²) in [6.07, 6.45) is 4.65. The molecule has 0 fully saturated rings. The largest absolute Gasteiger partial charge is 0.383 e. The Labute approximate surface area is 113 Å². The molecule has 7 heteroatoms. The van der Waals surface area contributed by atoms with Crippen molar-refractivity contribution in [2.75, 3.05) is 11.9 Å². The van der Waals surface area contributed by atoms with Crippen molar-refractivity contribution >= 4 is 11.3 Å². The summed E-state index contributed by atoms with van der Waals surface area (Å²) in [5.74, 6) is -0.278. The molecule has 1 aromatic carbocycles. The minimum absolute atomic E-state index is 0.205. The van der Waals surface area contributed by atoms with E-state index in [9.17, 15) is 9.18 Å². The molecule has 0 bridgehead atoms. The van der Waals surface area contributed by atoms with E-state index in [4.69, 9.17) is 0 Å². The van der Waals surface area contributed by atoms with Gasteiger partial charge in [0.05, 0.1) is 12.7 Å². The van der Waals surface area contributed by atoms with E-state index in [1.54, 1.807) is 18.3 Å². The molecular weight excluding hydrogens is 261 g/mol. The van der Waals surface area contributed by atoms with Crippen LogP contribution in [-0.4, -0.2) is 25.7 Å². The van der Waals surface area contributed by atoms with Crippen molar-refractivity contribution in [2.45, 2.75) is 6.54 Å². The summed E-state index contributed by atoms with van der Waals surface area (Å²) in [4.78, 5) is 15.9. The Balaban J connectivity index is 1.69. The summed E-state index contributed by atoms with van der Waals surface area (Å²) >= 11 is 0. The Morgan fingerprint density at radius 2 is 2.05 bits per heavy atom. The SMILES string of the molecule is O=c1n(CCNc2ccc(F)cc2)nc2cnccn12. The van der Waals surface area contributed by atoms with Gasteiger partial charge in [0.2, 0.25) is 0 Å². The standard InChI is InChI=1S/C13H12FN5O/c14-10-1-3-11(4-2-10)16-6-8-19-13(20)18-7-5-15-9-12(18)17-19/h1-5,7,9,16H,6,8H2. The predicted molar refractivity (Wildman–Crippen MR) is 72.1 cm³/mol. The highest BCUT2D eigenvalue weighted by Gasteiger charge is 2.05. The van der Waals surface area contributed by atoms with Crippen molar-refractivity contribution in [3.63, 3.8) is 0 Å². The lowest BCUT2D eigenvalue weighted by atomic mass is 10.3. The second-order valence-corrected chi connectivity index (χ2v) is 4.24. The molecule has 0 aliphatic rings. The van der Waals surface area contributed by atoms with E-state index in [1.807, 2.05) is 0 Å². The molecule has 3 rings (SSSR count). The third kappa shape index (κ3) is 2.37. The molecular formula is C13H12FN5O. The molecule has 20 heavy (non-hydrogen) atoms. The Morgan fingerprint density at radius 1 is 1.25 bits per heavy atom. The number of fused-ring (bicyclic) bond motifs is 1. The van der Waals surface area contributed by atoms with Gasteiger partial charge in [-0.25, -0.2) is 18.3 Å². The van der Waals surface area contributed by atoms with Crippen LogP contribution in [0.2, 0.25) is 0 Å². The molecule has 0 saturated carbocycles. The van der Waals surface area contributed by atoms with Crippen molar-refractivity contribution in [1.29, 1.82) is 0 Å². The zero-order valence-corrected chi connectivity index (χ0v) is 10.5. The average Bonchev–Trinajstić information content (AvgIpc) is 2.78. The lowest BCUT2D eigenvalue weighted by Crippen LogP contribution is -2.24. The molecule has 6 nitrogen and oxygen atoms in total. The Hall–Kier alpha value is -2.70. The molecule has 2 heterocycles. The van der Waals surface area contributed by atoms with Gasteiger partial charge in [-0.05, 0) is 24.3 Å². The van der Waals surface area contributed by atoms with Crippen LogP contribution >= 0.6 is 0 Å². The number of nitrogens with one attached hydrogen (secondary N) is 1. The first-order valence-corrected chi connectivity index (χ1v) is 6.13. The molecule has 0 aliphatic carbocycles. The third-order valence-corrected chi connectivity index (χ3v) is 2.89. The van der Waals surface area contributed by atoms with Gasteiger partial charge in [-0.3, -0.25) is 4.98 Å². The molecule has 1 N–H and O–H groups in total. The van der Waals surface area contributed by atoms with Crippen molar-refractivity contribution < 1.29 is 4.39 Å². The van der Waals surface area contributed by atoms with Crippen LogP contribution in [0.5, 0.6) is 0 Å². The number of halogens is 1. The molecule has 0 unspecified atom stereocenters. The fourth-order valence-corrected chi connectivity index (χ4v) is 1.90. The summed E-state index contributed by atoms with van der Waals surface area (Å²) in [6.45, 7) is 0.931. The molecule has 0 aliphatic heterocycles. The molecule has 0 saturated heterocycles. The van der Waals surface area contributed by atoms with E-state index in [0.717, 1.165) is 5.69 Å². The molecule has 0 amide bonds. The second-order valence-electron chi connectivity index (χ2n) is 4.24. The first-order valence-electron chi connectivity index (χ1n) is 6.13. The summed E-state index contributed by atoms with van der Waals surface area (Å²) in [5.41, 5.74) is 1.10. The maximum Gasteiger partial charge on any atom is 0.350 e. The summed E-state index contributed by atoms with van der Waals surface area (Å²) < 4.78 is 15.6. The van der Waals surface area contributed by atoms with Gasteiger partial charge in [-0.2, -0.15) is 0 Å². The van der Waals surface area contributed by atoms with Gasteiger partial charge in [0, 0.05) is 24.6 Å². The van der Waals surface area contributed by atoms with E-state index in [1.165, 1.54) is 33.6 Å². The Bertz CT molecular complexity index is 777. The number of aromatic nitrogens is 4. The average molecular weight is 273 g/mol. The van der Waals surface area contributed by atoms with Crippen LogP contribution in [0.4, 0.5) is 10.1 Å². The summed E-state index contributed by atoms with van der Waals surface area (Å²) in [7, 11) is 0. The number of hydrogen-bond acceptors (Lipinski definition) is 4. The maximum atomic E-state index is 12.8. The fourth-order valence-electron chi connectivity index (χ4n) is 1.90. The van der Waals surface area contributed by atoms with Gasteiger partial charge in [-0.1, -0.05) is 0 Å². The fraction of sp³-hybridized carbons (Fsp3) is 0.154. The van der Waals surface area contributed by atoms with Crippen molar-refractivity contribution in [2.24, 2.45) is 0 Å². The van der Waals surface area contributed by atoms with Gasteiger partial charge in [0.25, 0.3) is 0 Å². The molecule has 102 valence electrons. The lowest BCUT2D eigenvalue weighted by Gasteiger charge is -2.05. The molecule has 0 atom stereocenters. The first-order chi connectivity index (χ1) is 9.74. The molecule has 0 radical (unpaired) electrons. The predicted octanol–water partition coefficient (Wildman–Crippen LogP) is 1.14. The van der Waals surface area contributed by atoms with Crippen LogP contribution in [0.25, 0.3) is 5.65 Å². The highest BCUT2D eigenvalue weighted by molar-refractivity contribution is 5.42. The van der Waals surface area contributed by atoms with Crippen LogP contribution < -0.4 is 11.0 Å².